The summed E-state index contributed by atoms with van der Waals surface area (Å²) in [6, 6.07) is 57.9. The average molecular weight is 563 g/mol. The van der Waals surface area contributed by atoms with E-state index < -0.39 is 0 Å². The maximum absolute atomic E-state index is 2.34. The predicted molar refractivity (Wildman–Crippen MR) is 188 cm³/mol. The number of rotatable bonds is 3. The fourth-order valence-electron chi connectivity index (χ4n) is 6.89. The molecule has 0 amide bonds. The highest BCUT2D eigenvalue weighted by molar-refractivity contribution is 7.26. The van der Waals surface area contributed by atoms with Crippen molar-refractivity contribution in [2.24, 2.45) is 0 Å². The van der Waals surface area contributed by atoms with E-state index in [4.69, 9.17) is 0 Å². The first-order chi connectivity index (χ1) is 21.3. The van der Waals surface area contributed by atoms with Gasteiger partial charge in [0.15, 0.2) is 0 Å². The van der Waals surface area contributed by atoms with Crippen LogP contribution in [0.5, 0.6) is 0 Å². The summed E-state index contributed by atoms with van der Waals surface area (Å²) < 4.78 is 2.69. The minimum atomic E-state index is 1.24. The third kappa shape index (κ3) is 3.82. The Morgan fingerprint density at radius 2 is 0.837 bits per heavy atom. The summed E-state index contributed by atoms with van der Waals surface area (Å²) in [5.74, 6) is 0. The standard InChI is InChI=1S/C42H26S/c1-2-11-30-26-31(25-20-27(30)10-1)41-36-15-5-3-13-34(36)40(35-14-4-6-16-37(35)41)29-23-21-28(22-24-29)32-17-9-18-38-33-12-7-8-19-39(33)43-42(32)38/h1-26H. The van der Waals surface area contributed by atoms with E-state index in [2.05, 4.69) is 158 Å². The molecule has 0 saturated heterocycles. The van der Waals surface area contributed by atoms with E-state index in [1.165, 1.54) is 85.9 Å². The second-order valence-electron chi connectivity index (χ2n) is 11.3. The van der Waals surface area contributed by atoms with Gasteiger partial charge in [-0.25, -0.2) is 0 Å². The lowest BCUT2D eigenvalue weighted by Crippen LogP contribution is -1.91. The zero-order valence-electron chi connectivity index (χ0n) is 23.4. The molecule has 0 unspecified atom stereocenters. The third-order valence-electron chi connectivity index (χ3n) is 8.86. The van der Waals surface area contributed by atoms with Gasteiger partial charge in [-0.05, 0) is 77.8 Å². The minimum Gasteiger partial charge on any atom is -0.135 e. The van der Waals surface area contributed by atoms with Gasteiger partial charge in [-0.15, -0.1) is 11.3 Å². The van der Waals surface area contributed by atoms with Gasteiger partial charge in [0.1, 0.15) is 0 Å². The second kappa shape index (κ2) is 9.66. The zero-order valence-corrected chi connectivity index (χ0v) is 24.2. The lowest BCUT2D eigenvalue weighted by atomic mass is 9.85. The van der Waals surface area contributed by atoms with Gasteiger partial charge in [0.05, 0.1) is 0 Å². The van der Waals surface area contributed by atoms with Crippen LogP contribution in [0.2, 0.25) is 0 Å². The van der Waals surface area contributed by atoms with Gasteiger partial charge < -0.3 is 0 Å². The molecule has 8 aromatic carbocycles. The molecule has 0 N–H and O–H groups in total. The van der Waals surface area contributed by atoms with E-state index >= 15 is 0 Å². The summed E-state index contributed by atoms with van der Waals surface area (Å²) in [4.78, 5) is 0. The monoisotopic (exact) mass is 562 g/mol. The van der Waals surface area contributed by atoms with Crippen LogP contribution in [0, 0.1) is 0 Å². The Hall–Kier alpha value is -5.24. The largest absolute Gasteiger partial charge is 0.135 e. The maximum Gasteiger partial charge on any atom is 0.0433 e. The van der Waals surface area contributed by atoms with Gasteiger partial charge in [0.2, 0.25) is 0 Å². The fraction of sp³-hybridized carbons (Fsp3) is 0. The van der Waals surface area contributed by atoms with E-state index in [0.717, 1.165) is 0 Å². The van der Waals surface area contributed by atoms with Crippen LogP contribution in [0.25, 0.3) is 85.9 Å². The Morgan fingerprint density at radius 3 is 1.53 bits per heavy atom. The third-order valence-corrected chi connectivity index (χ3v) is 10.1. The van der Waals surface area contributed by atoms with Gasteiger partial charge in [-0.3, -0.25) is 0 Å². The van der Waals surface area contributed by atoms with Crippen molar-refractivity contribution in [3.05, 3.63) is 158 Å². The summed E-state index contributed by atoms with van der Waals surface area (Å²) >= 11 is 1.89. The van der Waals surface area contributed by atoms with Crippen LogP contribution < -0.4 is 0 Å². The number of benzene rings is 8. The van der Waals surface area contributed by atoms with Crippen LogP contribution in [-0.4, -0.2) is 0 Å². The first-order valence-corrected chi connectivity index (χ1v) is 15.6. The molecule has 1 aromatic heterocycles. The van der Waals surface area contributed by atoms with E-state index in [1.54, 1.807) is 0 Å². The molecule has 0 nitrogen and oxygen atoms in total. The molecule has 200 valence electrons. The minimum absolute atomic E-state index is 1.24. The van der Waals surface area contributed by atoms with E-state index in [0.29, 0.717) is 0 Å². The van der Waals surface area contributed by atoms with Crippen molar-refractivity contribution < 1.29 is 0 Å². The molecule has 0 bridgehead atoms. The van der Waals surface area contributed by atoms with Gasteiger partial charge in [0, 0.05) is 20.2 Å². The van der Waals surface area contributed by atoms with Crippen molar-refractivity contribution in [3.8, 4) is 33.4 Å². The fourth-order valence-corrected chi connectivity index (χ4v) is 8.12. The predicted octanol–water partition coefficient (Wildman–Crippen LogP) is 12.5. The summed E-state index contributed by atoms with van der Waals surface area (Å²) in [7, 11) is 0. The normalized spacial score (nSPS) is 11.7. The molecule has 0 fully saturated rings. The lowest BCUT2D eigenvalue weighted by molar-refractivity contribution is 1.64. The van der Waals surface area contributed by atoms with E-state index in [-0.39, 0.29) is 0 Å². The first kappa shape index (κ1) is 24.4. The van der Waals surface area contributed by atoms with Crippen molar-refractivity contribution >= 4 is 63.8 Å². The highest BCUT2D eigenvalue weighted by Crippen LogP contribution is 2.45. The average Bonchev–Trinajstić information content (AvgIpc) is 3.46. The Balaban J connectivity index is 1.25. The van der Waals surface area contributed by atoms with Crippen molar-refractivity contribution in [1.29, 1.82) is 0 Å². The van der Waals surface area contributed by atoms with Crippen LogP contribution >= 0.6 is 11.3 Å². The van der Waals surface area contributed by atoms with Crippen LogP contribution in [-0.2, 0) is 0 Å². The molecule has 0 radical (unpaired) electrons. The zero-order chi connectivity index (χ0) is 28.3. The molecule has 0 aliphatic carbocycles. The van der Waals surface area contributed by atoms with Crippen LogP contribution in [0.1, 0.15) is 0 Å². The summed E-state index contributed by atoms with van der Waals surface area (Å²) in [5, 5.41) is 10.3. The van der Waals surface area contributed by atoms with Crippen molar-refractivity contribution in [3.63, 3.8) is 0 Å². The Morgan fingerprint density at radius 1 is 0.326 bits per heavy atom. The molecular formula is C42H26S. The van der Waals surface area contributed by atoms with Crippen LogP contribution in [0.15, 0.2) is 158 Å². The van der Waals surface area contributed by atoms with E-state index in [1.807, 2.05) is 11.3 Å². The topological polar surface area (TPSA) is 0 Å². The van der Waals surface area contributed by atoms with Gasteiger partial charge in [-0.2, -0.15) is 0 Å². The molecular weight excluding hydrogens is 537 g/mol. The SMILES string of the molecule is c1ccc2cc(-c3c4ccccc4c(-c4ccc(-c5cccc6c5sc5ccccc56)cc4)c4ccccc34)ccc2c1. The number of hydrogen-bond donors (Lipinski definition) is 0. The van der Waals surface area contributed by atoms with Crippen molar-refractivity contribution in [2.45, 2.75) is 0 Å². The Bertz CT molecular complexity index is 2440. The highest BCUT2D eigenvalue weighted by Gasteiger charge is 2.17. The molecule has 9 aromatic rings. The van der Waals surface area contributed by atoms with E-state index in [9.17, 15) is 0 Å². The molecule has 0 atom stereocenters. The Labute approximate surface area is 254 Å². The molecule has 1 heteroatoms. The summed E-state index contributed by atoms with van der Waals surface area (Å²) in [6.07, 6.45) is 0. The van der Waals surface area contributed by atoms with Crippen LogP contribution in [0.3, 0.4) is 0 Å². The molecule has 9 rings (SSSR count). The highest BCUT2D eigenvalue weighted by atomic mass is 32.1. The maximum atomic E-state index is 2.34. The van der Waals surface area contributed by atoms with Gasteiger partial charge in [0.25, 0.3) is 0 Å². The molecule has 1 heterocycles. The van der Waals surface area contributed by atoms with Crippen molar-refractivity contribution in [2.75, 3.05) is 0 Å². The molecule has 0 saturated carbocycles. The molecule has 0 aliphatic heterocycles. The number of fused-ring (bicyclic) bond motifs is 6. The summed E-state index contributed by atoms with van der Waals surface area (Å²) in [5.41, 5.74) is 7.64. The lowest BCUT2D eigenvalue weighted by Gasteiger charge is -2.18. The van der Waals surface area contributed by atoms with Crippen molar-refractivity contribution in [1.82, 2.24) is 0 Å². The number of thiophene rings is 1. The smallest absolute Gasteiger partial charge is 0.0433 e. The van der Waals surface area contributed by atoms with Gasteiger partial charge >= 0.3 is 0 Å². The quantitative estimate of drug-likeness (QED) is 0.188. The first-order valence-electron chi connectivity index (χ1n) is 14.8. The van der Waals surface area contributed by atoms with Crippen LogP contribution in [0.4, 0.5) is 0 Å². The molecule has 43 heavy (non-hydrogen) atoms. The molecule has 0 aliphatic rings. The molecule has 0 spiro atoms. The van der Waals surface area contributed by atoms with Gasteiger partial charge in [-0.1, -0.05) is 146 Å². The number of hydrogen-bond acceptors (Lipinski definition) is 1. The summed E-state index contributed by atoms with van der Waals surface area (Å²) in [6.45, 7) is 0. The second-order valence-corrected chi connectivity index (χ2v) is 12.3. The Kier molecular flexibility index (Phi) is 5.47.